The van der Waals surface area contributed by atoms with E-state index in [0.29, 0.717) is 5.39 Å². The van der Waals surface area contributed by atoms with Crippen LogP contribution in [0.25, 0.3) is 21.5 Å². The van der Waals surface area contributed by atoms with Crippen LogP contribution < -0.4 is 0 Å². The molecule has 3 aromatic rings. The number of hydrogen-bond acceptors (Lipinski definition) is 1. The van der Waals surface area contributed by atoms with Gasteiger partial charge in [0.2, 0.25) is 0 Å². The minimum atomic E-state index is -5.65. The van der Waals surface area contributed by atoms with Crippen molar-refractivity contribution in [1.82, 2.24) is 0 Å². The summed E-state index contributed by atoms with van der Waals surface area (Å²) in [5, 5.41) is 9.58. The lowest BCUT2D eigenvalue weighted by atomic mass is 9.88. The summed E-state index contributed by atoms with van der Waals surface area (Å²) in [6, 6.07) is 9.59. The molecule has 0 amide bonds. The van der Waals surface area contributed by atoms with Gasteiger partial charge in [0.15, 0.2) is 0 Å². The molecule has 1 N–H and O–H groups in total. The number of benzene rings is 3. The van der Waals surface area contributed by atoms with E-state index in [1.54, 1.807) is 0 Å². The van der Waals surface area contributed by atoms with Crippen molar-refractivity contribution in [2.45, 2.75) is 11.8 Å². The predicted molar refractivity (Wildman–Crippen MR) is 77.9 cm³/mol. The third-order valence-electron chi connectivity index (χ3n) is 3.90. The number of aliphatic carboxylic acids is 1. The van der Waals surface area contributed by atoms with E-state index >= 15 is 0 Å². The van der Waals surface area contributed by atoms with Crippen LogP contribution in [0, 0.1) is 5.82 Å². The van der Waals surface area contributed by atoms with Gasteiger partial charge in [0.05, 0.1) is 0 Å². The standard InChI is InChI=1S/C17H9F5O2/c18-10-6-4-9-5-7-12-11(13(9)8-10)2-1-3-14(12)16(19,15(23)24)17(20,21)22/h1-8H,(H,23,24). The average molecular weight is 340 g/mol. The van der Waals surface area contributed by atoms with Crippen molar-refractivity contribution in [1.29, 1.82) is 0 Å². The molecule has 24 heavy (non-hydrogen) atoms. The van der Waals surface area contributed by atoms with Gasteiger partial charge in [0, 0.05) is 5.56 Å². The van der Waals surface area contributed by atoms with Gasteiger partial charge in [-0.1, -0.05) is 36.4 Å². The Hall–Kier alpha value is -2.70. The molecule has 0 bridgehead atoms. The Labute approximate surface area is 132 Å². The molecule has 0 saturated carbocycles. The van der Waals surface area contributed by atoms with Crippen LogP contribution in [0.3, 0.4) is 0 Å². The van der Waals surface area contributed by atoms with Crippen LogP contribution in [0.1, 0.15) is 5.56 Å². The van der Waals surface area contributed by atoms with Crippen molar-refractivity contribution < 1.29 is 31.9 Å². The molecule has 0 radical (unpaired) electrons. The van der Waals surface area contributed by atoms with Gasteiger partial charge in [-0.25, -0.2) is 13.6 Å². The second kappa shape index (κ2) is 5.15. The Bertz CT molecular complexity index is 964. The van der Waals surface area contributed by atoms with E-state index in [4.69, 9.17) is 5.11 Å². The molecule has 124 valence electrons. The van der Waals surface area contributed by atoms with Gasteiger partial charge in [0.25, 0.3) is 0 Å². The Kier molecular flexibility index (Phi) is 3.47. The monoisotopic (exact) mass is 340 g/mol. The first-order valence-electron chi connectivity index (χ1n) is 6.77. The first-order chi connectivity index (χ1) is 11.2. The predicted octanol–water partition coefficient (Wildman–Crippen LogP) is 4.94. The van der Waals surface area contributed by atoms with E-state index in [9.17, 15) is 26.7 Å². The average Bonchev–Trinajstić information content (AvgIpc) is 2.52. The van der Waals surface area contributed by atoms with Gasteiger partial charge in [-0.2, -0.15) is 13.2 Å². The van der Waals surface area contributed by atoms with Crippen LogP contribution in [0.15, 0.2) is 48.5 Å². The Morgan fingerprint density at radius 3 is 2.17 bits per heavy atom. The number of alkyl halides is 4. The first-order valence-corrected chi connectivity index (χ1v) is 6.77. The lowest BCUT2D eigenvalue weighted by molar-refractivity contribution is -0.240. The summed E-state index contributed by atoms with van der Waals surface area (Å²) in [5.41, 5.74) is -5.60. The topological polar surface area (TPSA) is 37.3 Å². The van der Waals surface area contributed by atoms with E-state index in [0.717, 1.165) is 18.2 Å². The number of fused-ring (bicyclic) bond motifs is 3. The van der Waals surface area contributed by atoms with Crippen molar-refractivity contribution in [2.75, 3.05) is 0 Å². The summed E-state index contributed by atoms with van der Waals surface area (Å²) >= 11 is 0. The summed E-state index contributed by atoms with van der Waals surface area (Å²) in [6.07, 6.45) is -5.65. The van der Waals surface area contributed by atoms with Gasteiger partial charge >= 0.3 is 17.8 Å². The summed E-state index contributed by atoms with van der Waals surface area (Å²) in [4.78, 5) is 11.1. The molecule has 0 aliphatic carbocycles. The smallest absolute Gasteiger partial charge is 0.437 e. The highest BCUT2D eigenvalue weighted by molar-refractivity contribution is 6.09. The van der Waals surface area contributed by atoms with E-state index in [2.05, 4.69) is 0 Å². The van der Waals surface area contributed by atoms with E-state index < -0.39 is 29.2 Å². The molecular formula is C17H9F5O2. The van der Waals surface area contributed by atoms with Crippen LogP contribution in [0.2, 0.25) is 0 Å². The number of carboxylic acids is 1. The molecule has 2 nitrogen and oxygen atoms in total. The number of halogens is 5. The van der Waals surface area contributed by atoms with E-state index in [1.807, 2.05) is 0 Å². The van der Waals surface area contributed by atoms with E-state index in [-0.39, 0.29) is 16.2 Å². The molecule has 0 fully saturated rings. The lowest BCUT2D eigenvalue weighted by Gasteiger charge is -2.25. The minimum Gasteiger partial charge on any atom is -0.478 e. The highest BCUT2D eigenvalue weighted by Crippen LogP contribution is 2.46. The second-order valence-electron chi connectivity index (χ2n) is 5.29. The Morgan fingerprint density at radius 1 is 0.875 bits per heavy atom. The summed E-state index contributed by atoms with van der Waals surface area (Å²) in [5.74, 6) is -3.26. The van der Waals surface area contributed by atoms with Gasteiger partial charge < -0.3 is 5.11 Å². The number of rotatable bonds is 2. The SMILES string of the molecule is O=C(O)C(F)(c1cccc2c1ccc1ccc(F)cc12)C(F)(F)F. The molecule has 3 aromatic carbocycles. The van der Waals surface area contributed by atoms with Gasteiger partial charge in [-0.05, 0) is 33.7 Å². The van der Waals surface area contributed by atoms with Crippen LogP contribution in [-0.2, 0) is 10.5 Å². The molecular weight excluding hydrogens is 331 g/mol. The Balaban J connectivity index is 2.44. The molecule has 3 rings (SSSR count). The van der Waals surface area contributed by atoms with Crippen molar-refractivity contribution in [3.8, 4) is 0 Å². The molecule has 1 atom stereocenters. The molecule has 0 aromatic heterocycles. The molecule has 0 saturated heterocycles. The summed E-state index contributed by atoms with van der Waals surface area (Å²) in [6.45, 7) is 0. The summed E-state index contributed by atoms with van der Waals surface area (Å²) < 4.78 is 67.4. The van der Waals surface area contributed by atoms with Gasteiger partial charge in [0.1, 0.15) is 5.82 Å². The van der Waals surface area contributed by atoms with Crippen LogP contribution in [0.4, 0.5) is 22.0 Å². The zero-order valence-electron chi connectivity index (χ0n) is 11.9. The highest BCUT2D eigenvalue weighted by Gasteiger charge is 2.64. The second-order valence-corrected chi connectivity index (χ2v) is 5.29. The molecule has 1 unspecified atom stereocenters. The highest BCUT2D eigenvalue weighted by atomic mass is 19.4. The zero-order valence-corrected chi connectivity index (χ0v) is 11.9. The third-order valence-corrected chi connectivity index (χ3v) is 3.90. The van der Waals surface area contributed by atoms with Crippen molar-refractivity contribution in [3.05, 3.63) is 59.9 Å². The largest absolute Gasteiger partial charge is 0.478 e. The van der Waals surface area contributed by atoms with Crippen molar-refractivity contribution in [3.63, 3.8) is 0 Å². The molecule has 0 heterocycles. The molecule has 0 spiro atoms. The normalized spacial score (nSPS) is 14.7. The van der Waals surface area contributed by atoms with Crippen LogP contribution in [-0.4, -0.2) is 17.3 Å². The summed E-state index contributed by atoms with van der Waals surface area (Å²) in [7, 11) is 0. The molecule has 0 aliphatic heterocycles. The maximum Gasteiger partial charge on any atom is 0.437 e. The fraction of sp³-hybridized carbons (Fsp3) is 0.118. The molecule has 7 heteroatoms. The fourth-order valence-electron chi connectivity index (χ4n) is 2.75. The van der Waals surface area contributed by atoms with Crippen LogP contribution >= 0.6 is 0 Å². The quantitative estimate of drug-likeness (QED) is 0.530. The lowest BCUT2D eigenvalue weighted by Crippen LogP contribution is -2.45. The van der Waals surface area contributed by atoms with Gasteiger partial charge in [-0.15, -0.1) is 0 Å². The maximum absolute atomic E-state index is 14.6. The fourth-order valence-corrected chi connectivity index (χ4v) is 2.75. The van der Waals surface area contributed by atoms with E-state index in [1.165, 1.54) is 30.3 Å². The van der Waals surface area contributed by atoms with Gasteiger partial charge in [-0.3, -0.25) is 0 Å². The number of hydrogen-bond donors (Lipinski definition) is 1. The number of carboxylic acid groups (broad SMARTS) is 1. The third kappa shape index (κ3) is 2.19. The van der Waals surface area contributed by atoms with Crippen LogP contribution in [0.5, 0.6) is 0 Å². The maximum atomic E-state index is 14.6. The number of carbonyl (C=O) groups is 1. The minimum absolute atomic E-state index is 0.136. The zero-order chi connectivity index (χ0) is 17.7. The Morgan fingerprint density at radius 2 is 1.54 bits per heavy atom. The first kappa shape index (κ1) is 16.2. The van der Waals surface area contributed by atoms with Crippen molar-refractivity contribution >= 4 is 27.5 Å². The van der Waals surface area contributed by atoms with Crippen molar-refractivity contribution in [2.24, 2.45) is 0 Å². The molecule has 0 aliphatic rings.